The average Bonchev–Trinajstić information content (AvgIpc) is 3.73. The third kappa shape index (κ3) is 2.81. The van der Waals surface area contributed by atoms with Crippen LogP contribution in [0.15, 0.2) is 84.5 Å². The number of halogens is 1. The maximum absolute atomic E-state index is 7.45. The van der Waals surface area contributed by atoms with Crippen LogP contribution >= 0.6 is 0 Å². The third-order valence-corrected chi connectivity index (χ3v) is 16.5. The molecule has 48 heavy (non-hydrogen) atoms. The summed E-state index contributed by atoms with van der Waals surface area (Å²) >= 11 is 0. The predicted molar refractivity (Wildman–Crippen MR) is 181 cm³/mol. The summed E-state index contributed by atoms with van der Waals surface area (Å²) in [5, 5.41) is 0. The van der Waals surface area contributed by atoms with Gasteiger partial charge in [0.15, 0.2) is 0 Å². The van der Waals surface area contributed by atoms with E-state index < -0.39 is 0 Å². The first-order valence-corrected chi connectivity index (χ1v) is 18.8. The van der Waals surface area contributed by atoms with Crippen LogP contribution in [-0.2, 0) is 20.3 Å². The van der Waals surface area contributed by atoms with E-state index >= 15 is 0 Å². The zero-order chi connectivity index (χ0) is 30.4. The molecule has 7 heteroatoms. The van der Waals surface area contributed by atoms with Crippen LogP contribution in [0.3, 0.4) is 0 Å². The maximum atomic E-state index is 7.45. The Bertz CT molecular complexity index is 1860. The van der Waals surface area contributed by atoms with Crippen molar-refractivity contribution >= 4 is 11.4 Å². The van der Waals surface area contributed by atoms with Crippen molar-refractivity contribution in [2.45, 2.75) is 73.1 Å². The van der Waals surface area contributed by atoms with Gasteiger partial charge in [-0.2, -0.15) is 0 Å². The normalized spacial score (nSPS) is 48.6. The lowest BCUT2D eigenvalue weighted by molar-refractivity contribution is -0.937. The van der Waals surface area contributed by atoms with Gasteiger partial charge in [-0.05, 0) is 60.2 Å². The molecule has 0 aromatic heterocycles. The van der Waals surface area contributed by atoms with Crippen LogP contribution < -0.4 is 26.8 Å². The predicted octanol–water partition coefficient (Wildman–Crippen LogP) is 1.97. The quantitative estimate of drug-likeness (QED) is 0.353. The van der Waals surface area contributed by atoms with Gasteiger partial charge in [0.2, 0.25) is 0 Å². The van der Waals surface area contributed by atoms with E-state index in [1.54, 1.807) is 22.3 Å². The van der Waals surface area contributed by atoms with E-state index in [2.05, 4.69) is 88.0 Å². The Morgan fingerprint density at radius 3 is 2.19 bits per heavy atom. The third-order valence-electron chi connectivity index (χ3n) is 16.5. The van der Waals surface area contributed by atoms with E-state index in [1.165, 1.54) is 61.2 Å². The number of fused-ring (bicyclic) bond motifs is 6. The number of quaternary nitrogens is 1. The average molecular weight is 706 g/mol. The minimum atomic E-state index is 0. The number of piperidine rings is 2. The lowest BCUT2D eigenvalue weighted by Gasteiger charge is -2.65. The lowest BCUT2D eigenvalue weighted by atomic mass is 9.52. The molecule has 9 aliphatic heterocycles. The smallest absolute Gasteiger partial charge is 0.136 e. The van der Waals surface area contributed by atoms with Crippen molar-refractivity contribution in [2.24, 2.45) is 23.7 Å². The highest BCUT2D eigenvalue weighted by Gasteiger charge is 2.79. The molecule has 0 radical (unpaired) electrons. The molecule has 5 saturated heterocycles. The van der Waals surface area contributed by atoms with Crippen LogP contribution in [0.2, 0.25) is 0 Å². The first-order chi connectivity index (χ1) is 23.2. The molecule has 2 aromatic rings. The summed E-state index contributed by atoms with van der Waals surface area (Å²) in [4.78, 5) is 8.80. The largest absolute Gasteiger partial charge is 1.00 e. The van der Waals surface area contributed by atoms with E-state index in [9.17, 15) is 0 Å². The Kier molecular flexibility index (Phi) is 5.35. The summed E-state index contributed by atoms with van der Waals surface area (Å²) in [6, 6.07) is 21.3. The molecule has 248 valence electrons. The van der Waals surface area contributed by atoms with E-state index in [4.69, 9.17) is 9.47 Å². The van der Waals surface area contributed by atoms with Gasteiger partial charge in [0.05, 0.1) is 43.8 Å². The number of benzene rings is 2. The second-order valence-corrected chi connectivity index (χ2v) is 17.2. The molecule has 3 unspecified atom stereocenters. The topological polar surface area (TPSA) is 28.2 Å². The zero-order valence-corrected chi connectivity index (χ0v) is 29.2. The number of para-hydroxylation sites is 2. The van der Waals surface area contributed by atoms with Crippen molar-refractivity contribution in [1.29, 1.82) is 0 Å². The second kappa shape index (κ2) is 9.08. The molecule has 0 N–H and O–H groups in total. The molecule has 2 aliphatic carbocycles. The first kappa shape index (κ1) is 28.3. The van der Waals surface area contributed by atoms with E-state index in [-0.39, 0.29) is 40.3 Å². The van der Waals surface area contributed by atoms with Crippen molar-refractivity contribution in [1.82, 2.24) is 4.90 Å². The van der Waals surface area contributed by atoms with E-state index in [0.717, 1.165) is 26.3 Å². The van der Waals surface area contributed by atoms with Gasteiger partial charge < -0.3 is 40.7 Å². The summed E-state index contributed by atoms with van der Waals surface area (Å²) in [5.74, 6) is 1.88. The van der Waals surface area contributed by atoms with Gasteiger partial charge in [0.25, 0.3) is 0 Å². The van der Waals surface area contributed by atoms with Crippen molar-refractivity contribution < 1.29 is 30.9 Å². The molecule has 2 aromatic carbocycles. The number of anilines is 2. The molecular formula is C41H45BrN4O2. The van der Waals surface area contributed by atoms with Crippen LogP contribution in [0, 0.1) is 23.7 Å². The van der Waals surface area contributed by atoms with Crippen molar-refractivity contribution in [3.05, 3.63) is 95.6 Å². The van der Waals surface area contributed by atoms with E-state index in [1.807, 2.05) is 0 Å². The molecule has 2 saturated carbocycles. The number of hydrogen-bond acceptors (Lipinski definition) is 5. The molecule has 13 rings (SSSR count). The van der Waals surface area contributed by atoms with E-state index in [0.29, 0.717) is 47.8 Å². The molecule has 4 bridgehead atoms. The van der Waals surface area contributed by atoms with Crippen molar-refractivity contribution in [3.8, 4) is 0 Å². The summed E-state index contributed by atoms with van der Waals surface area (Å²) in [6.07, 6.45) is 12.5. The number of nitrogens with zero attached hydrogens (tertiary/aromatic N) is 4. The first-order valence-electron chi connectivity index (χ1n) is 18.8. The van der Waals surface area contributed by atoms with Gasteiger partial charge in [0, 0.05) is 60.0 Å². The Hall–Kier alpha value is -2.42. The molecule has 9 heterocycles. The van der Waals surface area contributed by atoms with Crippen molar-refractivity contribution in [2.75, 3.05) is 55.7 Å². The van der Waals surface area contributed by atoms with Crippen LogP contribution in [-0.4, -0.2) is 91.9 Å². The Morgan fingerprint density at radius 1 is 0.812 bits per heavy atom. The lowest BCUT2D eigenvalue weighted by Crippen LogP contribution is -3.00. The summed E-state index contributed by atoms with van der Waals surface area (Å²) in [5.41, 5.74) is 9.76. The second-order valence-electron chi connectivity index (χ2n) is 17.2. The molecule has 13 atom stereocenters. The highest BCUT2D eigenvalue weighted by Crippen LogP contribution is 2.71. The van der Waals surface area contributed by atoms with Crippen LogP contribution in [0.4, 0.5) is 11.4 Å². The number of ether oxygens (including phenoxy) is 2. The molecule has 2 spiro atoms. The molecule has 7 fully saturated rings. The highest BCUT2D eigenvalue weighted by molar-refractivity contribution is 5.72. The molecule has 6 nitrogen and oxygen atoms in total. The Morgan fingerprint density at radius 2 is 1.46 bits per heavy atom. The monoisotopic (exact) mass is 704 g/mol. The fourth-order valence-electron chi connectivity index (χ4n) is 15.4. The SMILES string of the molecule is C=CC[N+]12CC[C@@]34c5ccccc5N5[C@@H]6OCC=C7CN8CC[C@]9%10c%11ccccc%11N([C@@H]%11OCC=C(C1)C(C[C@@H]32)C%11[C@H]54)[C@H]9[C@H]6[C@H]7C[C@H]8%10.[Br-]. The van der Waals surface area contributed by atoms with Gasteiger partial charge in [0.1, 0.15) is 25.0 Å². The summed E-state index contributed by atoms with van der Waals surface area (Å²) in [6.45, 7) is 11.6. The van der Waals surface area contributed by atoms with Gasteiger partial charge in [-0.25, -0.2) is 0 Å². The minimum Gasteiger partial charge on any atom is -1.00 e. The maximum Gasteiger partial charge on any atom is 0.136 e. The fraction of sp³-hybridized carbons (Fsp3) is 0.561. The number of rotatable bonds is 2. The Balaban J connectivity index is 0.00000268. The van der Waals surface area contributed by atoms with Gasteiger partial charge in [-0.15, -0.1) is 0 Å². The standard InChI is InChI=1S/C41H45N4O2.BrH/c1-2-16-45-17-14-41-29-8-4-6-10-31(29)44-37(41)35-27(21-33(41)45)25(23-45)12-19-47-39(35)43-30-9-5-3-7-28(30)40-13-15-42-22-24-11-18-46-38(44)34(36(40)43)26(24)20-32(40)42;/h2-12,26-27,32-39H,1,13-23H2;1H/q+1;/p-1/t26-,27?,32-,33-,34+,35?,36-,37-,38+,39+,40+,41+,45?;/m0./s1. The molecule has 11 aliphatic rings. The Labute approximate surface area is 294 Å². The summed E-state index contributed by atoms with van der Waals surface area (Å²) in [7, 11) is 0. The van der Waals surface area contributed by atoms with Gasteiger partial charge in [-0.1, -0.05) is 60.7 Å². The molecule has 0 amide bonds. The van der Waals surface area contributed by atoms with Crippen LogP contribution in [0.25, 0.3) is 0 Å². The van der Waals surface area contributed by atoms with Gasteiger partial charge in [-0.3, -0.25) is 4.90 Å². The van der Waals surface area contributed by atoms with Gasteiger partial charge >= 0.3 is 0 Å². The highest BCUT2D eigenvalue weighted by atomic mass is 79.9. The van der Waals surface area contributed by atoms with Crippen LogP contribution in [0.5, 0.6) is 0 Å². The fourth-order valence-corrected chi connectivity index (χ4v) is 15.4. The van der Waals surface area contributed by atoms with Crippen molar-refractivity contribution in [3.63, 3.8) is 0 Å². The number of hydrogen-bond donors (Lipinski definition) is 0. The molecular weight excluding hydrogens is 660 g/mol. The minimum absolute atomic E-state index is 0. The zero-order valence-electron chi connectivity index (χ0n) is 27.6. The van der Waals surface area contributed by atoms with Crippen LogP contribution in [0.1, 0.15) is 36.8 Å². The summed E-state index contributed by atoms with van der Waals surface area (Å²) < 4.78 is 16.1.